The first-order valence-corrected chi connectivity index (χ1v) is 5.72. The number of benzene rings is 1. The van der Waals surface area contributed by atoms with Crippen LogP contribution in [0.4, 0.5) is 0 Å². The van der Waals surface area contributed by atoms with Gasteiger partial charge in [0.2, 0.25) is 10.0 Å². The highest BCUT2D eigenvalue weighted by molar-refractivity contribution is 7.88. The molecule has 1 rings (SSSR count). The van der Waals surface area contributed by atoms with Crippen molar-refractivity contribution in [2.45, 2.75) is 5.75 Å². The summed E-state index contributed by atoms with van der Waals surface area (Å²) in [5.74, 6) is -0.0376. The van der Waals surface area contributed by atoms with Gasteiger partial charge in [-0.25, -0.2) is 13.1 Å². The predicted octanol–water partition coefficient (Wildman–Crippen LogP) is 1.39. The quantitative estimate of drug-likeness (QED) is 0.835. The van der Waals surface area contributed by atoms with Crippen LogP contribution in [0.15, 0.2) is 24.3 Å². The second kappa shape index (κ2) is 4.09. The first-order valence-electron chi connectivity index (χ1n) is 3.69. The highest BCUT2D eigenvalue weighted by atomic mass is 35.5. The van der Waals surface area contributed by atoms with Crippen molar-refractivity contribution >= 4 is 21.6 Å². The van der Waals surface area contributed by atoms with E-state index in [0.29, 0.717) is 10.6 Å². The molecule has 0 spiro atoms. The maximum absolute atomic E-state index is 11.1. The molecule has 13 heavy (non-hydrogen) atoms. The van der Waals surface area contributed by atoms with Gasteiger partial charge in [-0.15, -0.1) is 0 Å². The fraction of sp³-hybridized carbons (Fsp3) is 0.250. The van der Waals surface area contributed by atoms with Gasteiger partial charge in [0.25, 0.3) is 0 Å². The lowest BCUT2D eigenvalue weighted by Crippen LogP contribution is -2.20. The molecule has 0 fully saturated rings. The smallest absolute Gasteiger partial charge is 0.215 e. The summed E-state index contributed by atoms with van der Waals surface area (Å²) in [6.45, 7) is 0. The Morgan fingerprint density at radius 1 is 1.46 bits per heavy atom. The molecule has 0 aliphatic heterocycles. The molecule has 1 aromatic rings. The van der Waals surface area contributed by atoms with E-state index in [2.05, 4.69) is 4.72 Å². The Balaban J connectivity index is 2.87. The third kappa shape index (κ3) is 3.34. The Labute approximate surface area is 82.8 Å². The largest absolute Gasteiger partial charge is 0.218 e. The van der Waals surface area contributed by atoms with Crippen LogP contribution in [0.3, 0.4) is 0 Å². The van der Waals surface area contributed by atoms with Crippen LogP contribution in [0.25, 0.3) is 0 Å². The number of hydrogen-bond donors (Lipinski definition) is 1. The van der Waals surface area contributed by atoms with Crippen molar-refractivity contribution < 1.29 is 8.42 Å². The van der Waals surface area contributed by atoms with Gasteiger partial charge in [0, 0.05) is 5.02 Å². The number of hydrogen-bond acceptors (Lipinski definition) is 2. The molecule has 0 amide bonds. The fourth-order valence-corrected chi connectivity index (χ4v) is 1.89. The zero-order chi connectivity index (χ0) is 9.90. The van der Waals surface area contributed by atoms with E-state index in [1.165, 1.54) is 7.05 Å². The van der Waals surface area contributed by atoms with Crippen molar-refractivity contribution in [3.63, 3.8) is 0 Å². The molecule has 0 unspecified atom stereocenters. The van der Waals surface area contributed by atoms with Crippen LogP contribution in [-0.4, -0.2) is 15.5 Å². The molecule has 5 heteroatoms. The number of sulfonamides is 1. The molecule has 0 saturated heterocycles. The average molecular weight is 220 g/mol. The fourth-order valence-electron chi connectivity index (χ4n) is 0.918. The van der Waals surface area contributed by atoms with E-state index in [1.807, 2.05) is 0 Å². The van der Waals surface area contributed by atoms with Gasteiger partial charge >= 0.3 is 0 Å². The van der Waals surface area contributed by atoms with Crippen LogP contribution in [-0.2, 0) is 15.8 Å². The van der Waals surface area contributed by atoms with E-state index in [1.54, 1.807) is 24.3 Å². The summed E-state index contributed by atoms with van der Waals surface area (Å²) >= 11 is 5.70. The summed E-state index contributed by atoms with van der Waals surface area (Å²) in [5, 5.41) is 0.545. The molecule has 1 aromatic carbocycles. The van der Waals surface area contributed by atoms with Crippen LogP contribution in [0.1, 0.15) is 5.56 Å². The number of rotatable bonds is 3. The monoisotopic (exact) mass is 219 g/mol. The molecule has 0 atom stereocenters. The highest BCUT2D eigenvalue weighted by Gasteiger charge is 2.07. The molecule has 0 radical (unpaired) electrons. The topological polar surface area (TPSA) is 46.2 Å². The van der Waals surface area contributed by atoms with Crippen molar-refractivity contribution in [1.82, 2.24) is 4.72 Å². The Morgan fingerprint density at radius 2 is 2.15 bits per heavy atom. The van der Waals surface area contributed by atoms with Crippen molar-refractivity contribution in [2.75, 3.05) is 7.05 Å². The molecule has 0 bridgehead atoms. The van der Waals surface area contributed by atoms with Crippen molar-refractivity contribution in [3.05, 3.63) is 34.9 Å². The maximum Gasteiger partial charge on any atom is 0.215 e. The molecule has 0 saturated carbocycles. The van der Waals surface area contributed by atoms with Gasteiger partial charge in [-0.2, -0.15) is 0 Å². The van der Waals surface area contributed by atoms with Crippen LogP contribution in [0, 0.1) is 0 Å². The van der Waals surface area contributed by atoms with Gasteiger partial charge in [-0.3, -0.25) is 0 Å². The minimum atomic E-state index is -3.20. The van der Waals surface area contributed by atoms with E-state index in [4.69, 9.17) is 11.6 Å². The number of halogens is 1. The lowest BCUT2D eigenvalue weighted by atomic mass is 10.2. The molecule has 3 nitrogen and oxygen atoms in total. The van der Waals surface area contributed by atoms with Crippen molar-refractivity contribution in [1.29, 1.82) is 0 Å². The second-order valence-corrected chi connectivity index (χ2v) is 4.96. The van der Waals surface area contributed by atoms with Gasteiger partial charge in [0.1, 0.15) is 0 Å². The molecule has 1 N–H and O–H groups in total. The summed E-state index contributed by atoms with van der Waals surface area (Å²) in [7, 11) is -1.81. The van der Waals surface area contributed by atoms with Crippen LogP contribution in [0.5, 0.6) is 0 Å². The van der Waals surface area contributed by atoms with E-state index >= 15 is 0 Å². The first-order chi connectivity index (χ1) is 6.03. The highest BCUT2D eigenvalue weighted by Crippen LogP contribution is 2.12. The summed E-state index contributed by atoms with van der Waals surface area (Å²) in [5.41, 5.74) is 0.682. The van der Waals surface area contributed by atoms with Crippen LogP contribution < -0.4 is 4.72 Å². The zero-order valence-corrected chi connectivity index (χ0v) is 8.69. The van der Waals surface area contributed by atoms with E-state index < -0.39 is 10.0 Å². The lowest BCUT2D eigenvalue weighted by Gasteiger charge is -2.02. The van der Waals surface area contributed by atoms with Gasteiger partial charge in [-0.05, 0) is 24.7 Å². The van der Waals surface area contributed by atoms with E-state index in [-0.39, 0.29) is 5.75 Å². The van der Waals surface area contributed by atoms with Gasteiger partial charge < -0.3 is 0 Å². The zero-order valence-electron chi connectivity index (χ0n) is 7.12. The SMILES string of the molecule is CNS(=O)(=O)Cc1cccc(Cl)c1. The Hall–Kier alpha value is -0.580. The summed E-state index contributed by atoms with van der Waals surface area (Å²) < 4.78 is 24.5. The molecule has 72 valence electrons. The third-order valence-electron chi connectivity index (χ3n) is 1.56. The Kier molecular flexibility index (Phi) is 3.30. The minimum Gasteiger partial charge on any atom is -0.218 e. The first kappa shape index (κ1) is 10.5. The third-order valence-corrected chi connectivity index (χ3v) is 3.13. The standard InChI is InChI=1S/C8H10ClNO2S/c1-10-13(11,12)6-7-3-2-4-8(9)5-7/h2-5,10H,6H2,1H3. The normalized spacial score (nSPS) is 11.5. The van der Waals surface area contributed by atoms with E-state index in [0.717, 1.165) is 0 Å². The number of nitrogens with one attached hydrogen (secondary N) is 1. The maximum atomic E-state index is 11.1. The Bertz CT molecular complexity index is 389. The lowest BCUT2D eigenvalue weighted by molar-refractivity contribution is 0.587. The molecule has 0 heterocycles. The second-order valence-electron chi connectivity index (χ2n) is 2.59. The molecular formula is C8H10ClNO2S. The predicted molar refractivity (Wildman–Crippen MR) is 53.1 cm³/mol. The molecule has 0 aliphatic rings. The van der Waals surface area contributed by atoms with Crippen LogP contribution in [0.2, 0.25) is 5.02 Å². The van der Waals surface area contributed by atoms with Gasteiger partial charge in [0.15, 0.2) is 0 Å². The molecule has 0 aromatic heterocycles. The van der Waals surface area contributed by atoms with Gasteiger partial charge in [0.05, 0.1) is 5.75 Å². The van der Waals surface area contributed by atoms with E-state index in [9.17, 15) is 8.42 Å². The van der Waals surface area contributed by atoms with Crippen LogP contribution >= 0.6 is 11.6 Å². The van der Waals surface area contributed by atoms with Gasteiger partial charge in [-0.1, -0.05) is 23.7 Å². The molecular weight excluding hydrogens is 210 g/mol. The summed E-state index contributed by atoms with van der Waals surface area (Å²) in [6.07, 6.45) is 0. The molecule has 0 aliphatic carbocycles. The summed E-state index contributed by atoms with van der Waals surface area (Å²) in [4.78, 5) is 0. The Morgan fingerprint density at radius 3 is 2.69 bits per heavy atom. The van der Waals surface area contributed by atoms with Crippen molar-refractivity contribution in [2.24, 2.45) is 0 Å². The minimum absolute atomic E-state index is 0.0376. The van der Waals surface area contributed by atoms with Crippen molar-refractivity contribution in [3.8, 4) is 0 Å². The summed E-state index contributed by atoms with van der Waals surface area (Å²) in [6, 6.07) is 6.79. The average Bonchev–Trinajstić information content (AvgIpc) is 2.03.